The summed E-state index contributed by atoms with van der Waals surface area (Å²) in [7, 11) is 3.11. The van der Waals surface area contributed by atoms with E-state index in [0.29, 0.717) is 28.1 Å². The highest BCUT2D eigenvalue weighted by atomic mass is 16.5. The van der Waals surface area contributed by atoms with Crippen molar-refractivity contribution in [1.29, 1.82) is 0 Å². The van der Waals surface area contributed by atoms with Crippen LogP contribution in [0, 0.1) is 6.92 Å². The molecule has 0 saturated carbocycles. The zero-order valence-electron chi connectivity index (χ0n) is 13.6. The standard InChI is InChI=1S/C19H17NO4/c1-11-4-6-13-14(19(21)22)10-15(20-16(13)8-11)12-5-7-17(23-2)18(9-12)24-3/h4-10H,1-3H3,(H,21,22)/p-1. The van der Waals surface area contributed by atoms with Crippen LogP contribution < -0.4 is 14.6 Å². The number of pyridine rings is 1. The van der Waals surface area contributed by atoms with Gasteiger partial charge in [-0.3, -0.25) is 0 Å². The van der Waals surface area contributed by atoms with E-state index >= 15 is 0 Å². The number of aromatic carboxylic acids is 1. The molecule has 0 saturated heterocycles. The number of hydrogen-bond acceptors (Lipinski definition) is 5. The van der Waals surface area contributed by atoms with Crippen molar-refractivity contribution in [3.8, 4) is 22.8 Å². The molecule has 0 aliphatic heterocycles. The number of hydrogen-bond donors (Lipinski definition) is 0. The maximum absolute atomic E-state index is 11.5. The number of aromatic nitrogens is 1. The summed E-state index contributed by atoms with van der Waals surface area (Å²) in [5.41, 5.74) is 3.00. The van der Waals surface area contributed by atoms with Crippen LogP contribution in [-0.2, 0) is 0 Å². The Morgan fingerprint density at radius 1 is 1.00 bits per heavy atom. The third-order valence-corrected chi connectivity index (χ3v) is 3.86. The van der Waals surface area contributed by atoms with Gasteiger partial charge in [-0.05, 0) is 42.8 Å². The Labute approximate surface area is 139 Å². The van der Waals surface area contributed by atoms with E-state index in [4.69, 9.17) is 9.47 Å². The molecule has 0 radical (unpaired) electrons. The van der Waals surface area contributed by atoms with Gasteiger partial charge in [0.25, 0.3) is 0 Å². The van der Waals surface area contributed by atoms with Crippen molar-refractivity contribution in [1.82, 2.24) is 4.98 Å². The first-order chi connectivity index (χ1) is 11.5. The van der Waals surface area contributed by atoms with Crippen molar-refractivity contribution < 1.29 is 19.4 Å². The van der Waals surface area contributed by atoms with Crippen molar-refractivity contribution in [3.05, 3.63) is 53.6 Å². The minimum atomic E-state index is -1.23. The van der Waals surface area contributed by atoms with E-state index in [2.05, 4.69) is 4.98 Å². The quantitative estimate of drug-likeness (QED) is 0.738. The van der Waals surface area contributed by atoms with Gasteiger partial charge in [-0.1, -0.05) is 12.1 Å². The summed E-state index contributed by atoms with van der Waals surface area (Å²) < 4.78 is 10.5. The predicted molar refractivity (Wildman–Crippen MR) is 89.4 cm³/mol. The lowest BCUT2D eigenvalue weighted by Crippen LogP contribution is -2.22. The summed E-state index contributed by atoms with van der Waals surface area (Å²) in [5.74, 6) is -0.0814. The number of rotatable bonds is 4. The van der Waals surface area contributed by atoms with Crippen LogP contribution in [-0.4, -0.2) is 25.2 Å². The molecule has 0 bridgehead atoms. The van der Waals surface area contributed by atoms with Gasteiger partial charge in [0.2, 0.25) is 0 Å². The van der Waals surface area contributed by atoms with E-state index < -0.39 is 5.97 Å². The minimum Gasteiger partial charge on any atom is -0.545 e. The molecule has 0 spiro atoms. The average molecular weight is 322 g/mol. The first kappa shape index (κ1) is 15.8. The van der Waals surface area contributed by atoms with Gasteiger partial charge in [-0.15, -0.1) is 0 Å². The summed E-state index contributed by atoms with van der Waals surface area (Å²) in [5, 5.41) is 12.1. The molecular weight excluding hydrogens is 306 g/mol. The number of ether oxygens (including phenoxy) is 2. The van der Waals surface area contributed by atoms with Gasteiger partial charge in [0, 0.05) is 16.5 Å². The second-order valence-electron chi connectivity index (χ2n) is 5.43. The highest BCUT2D eigenvalue weighted by Gasteiger charge is 2.11. The Morgan fingerprint density at radius 2 is 1.75 bits per heavy atom. The summed E-state index contributed by atoms with van der Waals surface area (Å²) in [4.78, 5) is 16.1. The number of carbonyl (C=O) groups is 1. The van der Waals surface area contributed by atoms with Crippen molar-refractivity contribution in [2.45, 2.75) is 6.92 Å². The molecule has 122 valence electrons. The van der Waals surface area contributed by atoms with E-state index in [1.54, 1.807) is 32.4 Å². The van der Waals surface area contributed by atoms with E-state index in [1.807, 2.05) is 25.1 Å². The number of carbonyl (C=O) groups excluding carboxylic acids is 1. The van der Waals surface area contributed by atoms with E-state index in [0.717, 1.165) is 11.1 Å². The highest BCUT2D eigenvalue weighted by Crippen LogP contribution is 2.33. The van der Waals surface area contributed by atoms with Gasteiger partial charge < -0.3 is 19.4 Å². The monoisotopic (exact) mass is 322 g/mol. The zero-order valence-corrected chi connectivity index (χ0v) is 13.6. The Bertz CT molecular complexity index is 934. The molecule has 0 amide bonds. The molecule has 5 nitrogen and oxygen atoms in total. The zero-order chi connectivity index (χ0) is 17.3. The molecule has 0 atom stereocenters. The van der Waals surface area contributed by atoms with E-state index in [-0.39, 0.29) is 5.56 Å². The summed E-state index contributed by atoms with van der Waals surface area (Å²) in [6.45, 7) is 1.93. The Hall–Kier alpha value is -3.08. The number of aryl methyl sites for hydroxylation is 1. The van der Waals surface area contributed by atoms with Gasteiger partial charge in [-0.25, -0.2) is 4.98 Å². The van der Waals surface area contributed by atoms with Crippen molar-refractivity contribution in [2.24, 2.45) is 0 Å². The number of carboxylic acids is 1. The van der Waals surface area contributed by atoms with Gasteiger partial charge in [0.1, 0.15) is 0 Å². The number of methoxy groups -OCH3 is 2. The normalized spacial score (nSPS) is 10.6. The van der Waals surface area contributed by atoms with Crippen LogP contribution in [0.3, 0.4) is 0 Å². The van der Waals surface area contributed by atoms with E-state index in [9.17, 15) is 9.90 Å². The van der Waals surface area contributed by atoms with Crippen LogP contribution in [0.2, 0.25) is 0 Å². The Kier molecular flexibility index (Phi) is 4.08. The van der Waals surface area contributed by atoms with Crippen molar-refractivity contribution >= 4 is 16.9 Å². The lowest BCUT2D eigenvalue weighted by molar-refractivity contribution is -0.254. The SMILES string of the molecule is COc1ccc(-c2cc(C(=O)[O-])c3ccc(C)cc3n2)cc1OC. The lowest BCUT2D eigenvalue weighted by atomic mass is 10.0. The van der Waals surface area contributed by atoms with Crippen molar-refractivity contribution in [3.63, 3.8) is 0 Å². The first-order valence-corrected chi connectivity index (χ1v) is 7.38. The van der Waals surface area contributed by atoms with Crippen LogP contribution in [0.5, 0.6) is 11.5 Å². The number of benzene rings is 2. The smallest absolute Gasteiger partial charge is 0.161 e. The molecule has 0 unspecified atom stereocenters. The maximum atomic E-state index is 11.5. The molecule has 0 N–H and O–H groups in total. The van der Waals surface area contributed by atoms with Crippen molar-refractivity contribution in [2.75, 3.05) is 14.2 Å². The Balaban J connectivity index is 2.24. The molecule has 1 heterocycles. The molecule has 24 heavy (non-hydrogen) atoms. The summed E-state index contributed by atoms with van der Waals surface area (Å²) in [6, 6.07) is 12.3. The molecule has 0 fully saturated rings. The summed E-state index contributed by atoms with van der Waals surface area (Å²) in [6.07, 6.45) is 0. The number of carboxylic acid groups (broad SMARTS) is 1. The number of fused-ring (bicyclic) bond motifs is 1. The maximum Gasteiger partial charge on any atom is 0.161 e. The molecule has 0 aliphatic carbocycles. The fourth-order valence-corrected chi connectivity index (χ4v) is 2.65. The lowest BCUT2D eigenvalue weighted by Gasteiger charge is -2.13. The second-order valence-corrected chi connectivity index (χ2v) is 5.43. The van der Waals surface area contributed by atoms with Gasteiger partial charge >= 0.3 is 0 Å². The first-order valence-electron chi connectivity index (χ1n) is 7.38. The van der Waals surface area contributed by atoms with E-state index in [1.165, 1.54) is 6.07 Å². The molecule has 1 aromatic heterocycles. The third kappa shape index (κ3) is 2.76. The molecule has 3 rings (SSSR count). The van der Waals surface area contributed by atoms with Crippen LogP contribution >= 0.6 is 0 Å². The molecule has 0 aliphatic rings. The topological polar surface area (TPSA) is 71.5 Å². The van der Waals surface area contributed by atoms with Gasteiger partial charge in [-0.2, -0.15) is 0 Å². The fourth-order valence-electron chi connectivity index (χ4n) is 2.65. The largest absolute Gasteiger partial charge is 0.545 e. The van der Waals surface area contributed by atoms with Gasteiger partial charge in [0.05, 0.1) is 31.4 Å². The van der Waals surface area contributed by atoms with Crippen LogP contribution in [0.1, 0.15) is 15.9 Å². The van der Waals surface area contributed by atoms with Crippen LogP contribution in [0.4, 0.5) is 0 Å². The summed E-state index contributed by atoms with van der Waals surface area (Å²) >= 11 is 0. The second kappa shape index (κ2) is 6.20. The molecule has 5 heteroatoms. The number of nitrogens with zero attached hydrogens (tertiary/aromatic N) is 1. The molecular formula is C19H16NO4-. The predicted octanol–water partition coefficient (Wildman–Crippen LogP) is 2.59. The molecule has 2 aromatic carbocycles. The average Bonchev–Trinajstić information content (AvgIpc) is 2.59. The minimum absolute atomic E-state index is 0.116. The van der Waals surface area contributed by atoms with Crippen LogP contribution in [0.25, 0.3) is 22.2 Å². The fraction of sp³-hybridized carbons (Fsp3) is 0.158. The Morgan fingerprint density at radius 3 is 2.42 bits per heavy atom. The van der Waals surface area contributed by atoms with Gasteiger partial charge in [0.15, 0.2) is 11.5 Å². The highest BCUT2D eigenvalue weighted by molar-refractivity contribution is 6.03. The molecule has 3 aromatic rings. The van der Waals surface area contributed by atoms with Crippen LogP contribution in [0.15, 0.2) is 42.5 Å². The third-order valence-electron chi connectivity index (χ3n) is 3.86.